The number of nitrogens with one attached hydrogen (secondary N) is 1. The van der Waals surface area contributed by atoms with Crippen molar-refractivity contribution in [3.05, 3.63) is 77.5 Å². The number of aryl methyl sites for hydroxylation is 1. The van der Waals surface area contributed by atoms with Crippen LogP contribution in [0, 0.1) is 6.92 Å². The second-order valence-corrected chi connectivity index (χ2v) is 7.30. The van der Waals surface area contributed by atoms with Crippen LogP contribution in [0.4, 0.5) is 0 Å². The Balaban J connectivity index is 1.42. The zero-order valence-corrected chi connectivity index (χ0v) is 16.9. The number of aromatic amines is 1. The molecule has 0 saturated carbocycles. The van der Waals surface area contributed by atoms with Crippen molar-refractivity contribution in [2.45, 2.75) is 20.3 Å². The second-order valence-electron chi connectivity index (χ2n) is 7.30. The van der Waals surface area contributed by atoms with E-state index in [-0.39, 0.29) is 5.91 Å². The highest BCUT2D eigenvalue weighted by molar-refractivity contribution is 5.95. The highest BCUT2D eigenvalue weighted by Crippen LogP contribution is 2.30. The first-order valence-corrected chi connectivity index (χ1v) is 10.1. The summed E-state index contributed by atoms with van der Waals surface area (Å²) in [6, 6.07) is 14.1. The summed E-state index contributed by atoms with van der Waals surface area (Å²) in [7, 11) is 0. The molecule has 4 heteroatoms. The molecule has 148 valence electrons. The number of benzene rings is 2. The summed E-state index contributed by atoms with van der Waals surface area (Å²) < 4.78 is 5.45. The Morgan fingerprint density at radius 3 is 2.76 bits per heavy atom. The molecular weight excluding hydrogens is 360 g/mol. The Morgan fingerprint density at radius 1 is 1.21 bits per heavy atom. The summed E-state index contributed by atoms with van der Waals surface area (Å²) in [5, 5.41) is 1.26. The highest BCUT2D eigenvalue weighted by atomic mass is 16.5. The van der Waals surface area contributed by atoms with Crippen LogP contribution in [0.5, 0.6) is 5.75 Å². The molecule has 4 nitrogen and oxygen atoms in total. The van der Waals surface area contributed by atoms with E-state index in [1.165, 1.54) is 27.6 Å². The smallest absolute Gasteiger partial charge is 0.246 e. The molecule has 1 aromatic heterocycles. The molecule has 2 aromatic carbocycles. The fourth-order valence-electron chi connectivity index (χ4n) is 3.80. The van der Waals surface area contributed by atoms with Crippen LogP contribution in [-0.4, -0.2) is 35.5 Å². The number of para-hydroxylation sites is 1. The van der Waals surface area contributed by atoms with Crippen molar-refractivity contribution in [2.24, 2.45) is 0 Å². The Labute approximate surface area is 171 Å². The number of carbonyl (C=O) groups is 1. The van der Waals surface area contributed by atoms with E-state index < -0.39 is 0 Å². The molecule has 0 unspecified atom stereocenters. The van der Waals surface area contributed by atoms with E-state index in [9.17, 15) is 4.79 Å². The van der Waals surface area contributed by atoms with Gasteiger partial charge in [-0.2, -0.15) is 0 Å². The van der Waals surface area contributed by atoms with Gasteiger partial charge in [-0.3, -0.25) is 4.79 Å². The van der Waals surface area contributed by atoms with Crippen LogP contribution in [0.15, 0.2) is 60.8 Å². The third-order valence-electron chi connectivity index (χ3n) is 5.40. The van der Waals surface area contributed by atoms with Crippen molar-refractivity contribution in [1.82, 2.24) is 9.88 Å². The lowest BCUT2D eigenvalue weighted by molar-refractivity contribution is -0.125. The molecule has 0 atom stereocenters. The van der Waals surface area contributed by atoms with Gasteiger partial charge in [-0.1, -0.05) is 36.4 Å². The normalized spacial score (nSPS) is 14.4. The fraction of sp³-hybridized carbons (Fsp3) is 0.240. The van der Waals surface area contributed by atoms with Gasteiger partial charge in [0.15, 0.2) is 0 Å². The van der Waals surface area contributed by atoms with Crippen LogP contribution in [0.1, 0.15) is 30.0 Å². The number of hydrogen-bond donors (Lipinski definition) is 1. The van der Waals surface area contributed by atoms with Gasteiger partial charge in [0.25, 0.3) is 0 Å². The first kappa shape index (κ1) is 19.1. The van der Waals surface area contributed by atoms with Gasteiger partial charge in [0.05, 0.1) is 6.61 Å². The third-order valence-corrected chi connectivity index (χ3v) is 5.40. The number of nitrogens with zero attached hydrogens (tertiary/aromatic N) is 1. The number of ether oxygens (including phenoxy) is 1. The van der Waals surface area contributed by atoms with Crippen LogP contribution >= 0.6 is 0 Å². The van der Waals surface area contributed by atoms with Gasteiger partial charge in [0.1, 0.15) is 5.75 Å². The van der Waals surface area contributed by atoms with Gasteiger partial charge in [0.2, 0.25) is 5.91 Å². The van der Waals surface area contributed by atoms with E-state index in [2.05, 4.69) is 42.4 Å². The molecule has 0 radical (unpaired) electrons. The van der Waals surface area contributed by atoms with E-state index in [0.29, 0.717) is 13.2 Å². The Hall–Kier alpha value is -3.27. The molecule has 1 amide bonds. The zero-order valence-electron chi connectivity index (χ0n) is 16.9. The lowest BCUT2D eigenvalue weighted by Crippen LogP contribution is -2.33. The van der Waals surface area contributed by atoms with Crippen LogP contribution in [0.3, 0.4) is 0 Å². The first-order chi connectivity index (χ1) is 14.2. The highest BCUT2D eigenvalue weighted by Gasteiger charge is 2.18. The maximum atomic E-state index is 12.6. The summed E-state index contributed by atoms with van der Waals surface area (Å²) in [4.78, 5) is 17.9. The molecule has 1 aliphatic heterocycles. The maximum absolute atomic E-state index is 12.6. The molecule has 0 spiro atoms. The van der Waals surface area contributed by atoms with Crippen molar-refractivity contribution in [3.63, 3.8) is 0 Å². The van der Waals surface area contributed by atoms with Crippen LogP contribution in [-0.2, 0) is 4.79 Å². The quantitative estimate of drug-likeness (QED) is 0.612. The minimum Gasteiger partial charge on any atom is -0.494 e. The predicted molar refractivity (Wildman–Crippen MR) is 119 cm³/mol. The summed E-state index contributed by atoms with van der Waals surface area (Å²) in [6.45, 7) is 6.10. The standard InChI is InChI=1S/C25H26N2O2/c1-3-29-21-10-7-19(8-11-21)9-12-24(28)27-15-13-20(14-16-27)23-17-26-25-18(2)5-4-6-22(23)25/h4-13,17,26H,3,14-16H2,1-2H3/b12-9+. The number of rotatable bonds is 5. The van der Waals surface area contributed by atoms with Crippen molar-refractivity contribution in [2.75, 3.05) is 19.7 Å². The van der Waals surface area contributed by atoms with Gasteiger partial charge < -0.3 is 14.6 Å². The molecular formula is C25H26N2O2. The third kappa shape index (κ3) is 4.11. The summed E-state index contributed by atoms with van der Waals surface area (Å²) in [5.74, 6) is 0.890. The number of aromatic nitrogens is 1. The van der Waals surface area contributed by atoms with E-state index in [1.54, 1.807) is 6.08 Å². The van der Waals surface area contributed by atoms with Gasteiger partial charge in [-0.15, -0.1) is 0 Å². The average Bonchev–Trinajstić information content (AvgIpc) is 3.19. The Bertz CT molecular complexity index is 1070. The minimum absolute atomic E-state index is 0.0453. The molecule has 1 N–H and O–H groups in total. The minimum atomic E-state index is 0.0453. The topological polar surface area (TPSA) is 45.3 Å². The molecule has 3 aromatic rings. The Kier molecular flexibility index (Phi) is 5.52. The molecule has 0 fully saturated rings. The Morgan fingerprint density at radius 2 is 2.03 bits per heavy atom. The number of amides is 1. The summed E-state index contributed by atoms with van der Waals surface area (Å²) >= 11 is 0. The lowest BCUT2D eigenvalue weighted by atomic mass is 9.98. The predicted octanol–water partition coefficient (Wildman–Crippen LogP) is 5.20. The van der Waals surface area contributed by atoms with Crippen LogP contribution in [0.25, 0.3) is 22.6 Å². The second kappa shape index (κ2) is 8.39. The van der Waals surface area contributed by atoms with E-state index >= 15 is 0 Å². The molecule has 29 heavy (non-hydrogen) atoms. The van der Waals surface area contributed by atoms with Gasteiger partial charge in [-0.25, -0.2) is 0 Å². The summed E-state index contributed by atoms with van der Waals surface area (Å²) in [6.07, 6.45) is 8.65. The van der Waals surface area contributed by atoms with E-state index in [1.807, 2.05) is 42.2 Å². The average molecular weight is 386 g/mol. The maximum Gasteiger partial charge on any atom is 0.246 e. The van der Waals surface area contributed by atoms with E-state index in [4.69, 9.17) is 4.74 Å². The SMILES string of the molecule is CCOc1ccc(/C=C/C(=O)N2CC=C(c3c[nH]c4c(C)cccc34)CC2)cc1. The lowest BCUT2D eigenvalue weighted by Gasteiger charge is -2.25. The fourth-order valence-corrected chi connectivity index (χ4v) is 3.80. The van der Waals surface area contributed by atoms with Crippen molar-refractivity contribution in [3.8, 4) is 5.75 Å². The van der Waals surface area contributed by atoms with E-state index in [0.717, 1.165) is 24.3 Å². The number of fused-ring (bicyclic) bond motifs is 1. The molecule has 1 aliphatic rings. The largest absolute Gasteiger partial charge is 0.494 e. The number of hydrogen-bond acceptors (Lipinski definition) is 2. The first-order valence-electron chi connectivity index (χ1n) is 10.1. The van der Waals surface area contributed by atoms with Gasteiger partial charge >= 0.3 is 0 Å². The van der Waals surface area contributed by atoms with Crippen molar-refractivity contribution in [1.29, 1.82) is 0 Å². The van der Waals surface area contributed by atoms with Crippen LogP contribution < -0.4 is 4.74 Å². The van der Waals surface area contributed by atoms with Gasteiger partial charge in [0, 0.05) is 41.8 Å². The molecule has 0 aliphatic carbocycles. The molecule has 0 saturated heterocycles. The monoisotopic (exact) mass is 386 g/mol. The van der Waals surface area contributed by atoms with Gasteiger partial charge in [-0.05, 0) is 55.2 Å². The number of carbonyl (C=O) groups excluding carboxylic acids is 1. The van der Waals surface area contributed by atoms with Crippen molar-refractivity contribution < 1.29 is 9.53 Å². The molecule has 4 rings (SSSR count). The molecule has 2 heterocycles. The van der Waals surface area contributed by atoms with Crippen LogP contribution in [0.2, 0.25) is 0 Å². The summed E-state index contributed by atoms with van der Waals surface area (Å²) in [5.41, 5.74) is 5.99. The van der Waals surface area contributed by atoms with Crippen molar-refractivity contribution >= 4 is 28.5 Å². The number of H-pyrrole nitrogens is 1. The molecule has 0 bridgehead atoms. The zero-order chi connectivity index (χ0) is 20.2.